The summed E-state index contributed by atoms with van der Waals surface area (Å²) >= 11 is 0. The highest BCUT2D eigenvalue weighted by Crippen LogP contribution is 2.31. The largest absolute Gasteiger partial charge is 0.462 e. The summed E-state index contributed by atoms with van der Waals surface area (Å²) in [6.07, 6.45) is 1.88. The van der Waals surface area contributed by atoms with Gasteiger partial charge in [-0.15, -0.1) is 0 Å². The van der Waals surface area contributed by atoms with Crippen LogP contribution in [0, 0.1) is 5.92 Å². The molecule has 3 aromatic carbocycles. The topological polar surface area (TPSA) is 131 Å². The maximum atomic E-state index is 13.7. The van der Waals surface area contributed by atoms with Crippen LogP contribution >= 0.6 is 0 Å². The quantitative estimate of drug-likeness (QED) is 0.127. The summed E-state index contributed by atoms with van der Waals surface area (Å²) in [6, 6.07) is 22.9. The molecule has 10 heteroatoms. The molecular weight excluding hydrogens is 546 g/mol. The highest BCUT2D eigenvalue weighted by molar-refractivity contribution is 6.82. The Balaban J connectivity index is 1.79. The number of Topliss-reactive ketones (excluding diaryl/α,β-unsaturated/α-hetero) is 1. The van der Waals surface area contributed by atoms with Crippen molar-refractivity contribution in [3.8, 4) is 0 Å². The SMILES string of the molecule is CCOC(=O)c1ccccc1N/N=C(\C(=O)C1CC1)C(=Nc1ccccc1)/C(CC)=N/Nc1ccccc1C(=O)OCC. The molecule has 1 saturated carbocycles. The summed E-state index contributed by atoms with van der Waals surface area (Å²) in [5, 5.41) is 9.16. The Morgan fingerprint density at radius 3 is 1.72 bits per heavy atom. The van der Waals surface area contributed by atoms with E-state index in [0.717, 1.165) is 12.8 Å². The van der Waals surface area contributed by atoms with Crippen molar-refractivity contribution >= 4 is 51.9 Å². The molecule has 0 atom stereocenters. The fourth-order valence-electron chi connectivity index (χ4n) is 4.13. The number of ether oxygens (including phenoxy) is 2. The zero-order valence-electron chi connectivity index (χ0n) is 24.5. The summed E-state index contributed by atoms with van der Waals surface area (Å²) in [5.74, 6) is -1.34. The Hall–Kier alpha value is -5.12. The van der Waals surface area contributed by atoms with Crippen molar-refractivity contribution in [3.05, 3.63) is 90.0 Å². The minimum absolute atomic E-state index is 0.0890. The Labute approximate surface area is 250 Å². The number of carbonyl (C=O) groups is 3. The van der Waals surface area contributed by atoms with Gasteiger partial charge in [0, 0.05) is 5.92 Å². The van der Waals surface area contributed by atoms with Crippen LogP contribution in [0.25, 0.3) is 0 Å². The molecule has 222 valence electrons. The van der Waals surface area contributed by atoms with Gasteiger partial charge in [0.1, 0.15) is 5.71 Å². The van der Waals surface area contributed by atoms with Gasteiger partial charge in [0.25, 0.3) is 0 Å². The van der Waals surface area contributed by atoms with Gasteiger partial charge in [-0.25, -0.2) is 14.6 Å². The number of nitrogens with zero attached hydrogens (tertiary/aromatic N) is 3. The van der Waals surface area contributed by atoms with Crippen LogP contribution in [0.4, 0.5) is 17.1 Å². The molecule has 43 heavy (non-hydrogen) atoms. The van der Waals surface area contributed by atoms with Crippen LogP contribution in [0.2, 0.25) is 0 Å². The highest BCUT2D eigenvalue weighted by Gasteiger charge is 2.36. The Bertz CT molecular complexity index is 1540. The summed E-state index contributed by atoms with van der Waals surface area (Å²) < 4.78 is 10.4. The molecule has 0 spiro atoms. The van der Waals surface area contributed by atoms with Gasteiger partial charge in [-0.1, -0.05) is 49.4 Å². The third-order valence-corrected chi connectivity index (χ3v) is 6.46. The van der Waals surface area contributed by atoms with E-state index in [2.05, 4.69) is 21.1 Å². The molecule has 1 aliphatic rings. The van der Waals surface area contributed by atoms with Crippen LogP contribution < -0.4 is 10.9 Å². The van der Waals surface area contributed by atoms with Crippen LogP contribution in [0.3, 0.4) is 0 Å². The summed E-state index contributed by atoms with van der Waals surface area (Å²) in [6.45, 7) is 5.82. The number of rotatable bonds is 14. The van der Waals surface area contributed by atoms with Gasteiger partial charge in [-0.3, -0.25) is 15.6 Å². The van der Waals surface area contributed by atoms with E-state index in [1.54, 1.807) is 62.4 Å². The number of hydrogen-bond acceptors (Lipinski definition) is 10. The second-order valence-corrected chi connectivity index (χ2v) is 9.56. The number of hydrogen-bond donors (Lipinski definition) is 2. The van der Waals surface area contributed by atoms with Gasteiger partial charge >= 0.3 is 11.9 Å². The van der Waals surface area contributed by atoms with Crippen LogP contribution in [0.1, 0.15) is 60.7 Å². The molecule has 2 N–H and O–H groups in total. The van der Waals surface area contributed by atoms with Gasteiger partial charge < -0.3 is 9.47 Å². The number of nitrogens with one attached hydrogen (secondary N) is 2. The lowest BCUT2D eigenvalue weighted by Crippen LogP contribution is -2.33. The second kappa shape index (κ2) is 15.2. The number of anilines is 2. The monoisotopic (exact) mass is 581 g/mol. The molecule has 0 radical (unpaired) electrons. The summed E-state index contributed by atoms with van der Waals surface area (Å²) in [7, 11) is 0. The first-order valence-electron chi connectivity index (χ1n) is 14.3. The predicted molar refractivity (Wildman–Crippen MR) is 168 cm³/mol. The molecule has 1 fully saturated rings. The first kappa shape index (κ1) is 30.8. The first-order chi connectivity index (χ1) is 21.0. The smallest absolute Gasteiger partial charge is 0.340 e. The van der Waals surface area contributed by atoms with Crippen molar-refractivity contribution in [2.45, 2.75) is 40.0 Å². The molecule has 0 saturated heterocycles. The second-order valence-electron chi connectivity index (χ2n) is 9.56. The van der Waals surface area contributed by atoms with Crippen molar-refractivity contribution in [2.24, 2.45) is 21.1 Å². The molecule has 3 aromatic rings. The molecule has 0 aromatic heterocycles. The van der Waals surface area contributed by atoms with Crippen molar-refractivity contribution in [1.29, 1.82) is 0 Å². The van der Waals surface area contributed by atoms with E-state index in [1.807, 2.05) is 37.3 Å². The molecule has 0 heterocycles. The highest BCUT2D eigenvalue weighted by atomic mass is 16.5. The van der Waals surface area contributed by atoms with Gasteiger partial charge in [-0.2, -0.15) is 10.2 Å². The van der Waals surface area contributed by atoms with E-state index in [0.29, 0.717) is 34.8 Å². The fourth-order valence-corrected chi connectivity index (χ4v) is 4.13. The molecule has 0 amide bonds. The molecule has 4 rings (SSSR count). The van der Waals surface area contributed by atoms with E-state index >= 15 is 0 Å². The average Bonchev–Trinajstić information content (AvgIpc) is 3.88. The van der Waals surface area contributed by atoms with E-state index in [-0.39, 0.29) is 41.9 Å². The Morgan fingerprint density at radius 1 is 0.698 bits per heavy atom. The average molecular weight is 582 g/mol. The third-order valence-electron chi connectivity index (χ3n) is 6.46. The lowest BCUT2D eigenvalue weighted by molar-refractivity contribution is -0.113. The maximum Gasteiger partial charge on any atom is 0.340 e. The number of hydrazone groups is 2. The summed E-state index contributed by atoms with van der Waals surface area (Å²) in [5.41, 5.74) is 8.75. The van der Waals surface area contributed by atoms with Gasteiger partial charge in [-0.05, 0) is 69.5 Å². The van der Waals surface area contributed by atoms with E-state index in [4.69, 9.17) is 14.5 Å². The van der Waals surface area contributed by atoms with Crippen LogP contribution in [0.5, 0.6) is 0 Å². The zero-order valence-corrected chi connectivity index (χ0v) is 24.5. The lowest BCUT2D eigenvalue weighted by Gasteiger charge is -2.14. The molecule has 0 unspecified atom stereocenters. The minimum atomic E-state index is -0.505. The standard InChI is InChI=1S/C33H35N5O5/c1-4-26(35-36-27-18-12-10-16-24(27)32(40)42-5-2)29(34-23-14-8-7-9-15-23)30(31(39)22-20-21-22)38-37-28-19-13-11-17-25(28)33(41)43-6-3/h7-19,22,36-37H,4-6,20-21H2,1-3H3/b34-29?,35-26+,38-30-. The third kappa shape index (κ3) is 8.22. The Kier molecular flexibility index (Phi) is 10.9. The Morgan fingerprint density at radius 2 is 1.21 bits per heavy atom. The summed E-state index contributed by atoms with van der Waals surface area (Å²) in [4.78, 5) is 43.6. The fraction of sp³-hybridized carbons (Fsp3) is 0.273. The number of aliphatic imine (C=N–C) groups is 1. The van der Waals surface area contributed by atoms with Crippen molar-refractivity contribution in [1.82, 2.24) is 0 Å². The van der Waals surface area contributed by atoms with E-state index in [1.165, 1.54) is 0 Å². The van der Waals surface area contributed by atoms with Crippen molar-refractivity contribution < 1.29 is 23.9 Å². The molecule has 1 aliphatic carbocycles. The van der Waals surface area contributed by atoms with Gasteiger partial charge in [0.05, 0.1) is 47.1 Å². The molecule has 10 nitrogen and oxygen atoms in total. The van der Waals surface area contributed by atoms with Gasteiger partial charge in [0.2, 0.25) is 0 Å². The number of benzene rings is 3. The molecule has 0 bridgehead atoms. The van der Waals surface area contributed by atoms with Crippen LogP contribution in [0.15, 0.2) is 94.1 Å². The molecular formula is C33H35N5O5. The first-order valence-corrected chi connectivity index (χ1v) is 14.3. The van der Waals surface area contributed by atoms with E-state index in [9.17, 15) is 14.4 Å². The van der Waals surface area contributed by atoms with Crippen LogP contribution in [-0.4, -0.2) is 48.1 Å². The van der Waals surface area contributed by atoms with Crippen molar-refractivity contribution in [3.63, 3.8) is 0 Å². The minimum Gasteiger partial charge on any atom is -0.462 e. The van der Waals surface area contributed by atoms with Crippen molar-refractivity contribution in [2.75, 3.05) is 24.1 Å². The van der Waals surface area contributed by atoms with Gasteiger partial charge in [0.15, 0.2) is 11.5 Å². The zero-order chi connectivity index (χ0) is 30.6. The molecule has 0 aliphatic heterocycles. The number of para-hydroxylation sites is 3. The lowest BCUT2D eigenvalue weighted by atomic mass is 10.0. The predicted octanol–water partition coefficient (Wildman–Crippen LogP) is 6.44. The maximum absolute atomic E-state index is 13.7. The normalized spacial score (nSPS) is 13.7. The number of ketones is 1. The number of carbonyl (C=O) groups excluding carboxylic acids is 3. The van der Waals surface area contributed by atoms with E-state index < -0.39 is 11.9 Å². The number of esters is 2. The van der Waals surface area contributed by atoms with Crippen LogP contribution in [-0.2, 0) is 14.3 Å².